The van der Waals surface area contributed by atoms with E-state index >= 15 is 0 Å². The second kappa shape index (κ2) is 9.67. The van der Waals surface area contributed by atoms with Gasteiger partial charge in [-0.2, -0.15) is 0 Å². The van der Waals surface area contributed by atoms with Crippen molar-refractivity contribution in [1.29, 1.82) is 0 Å². The van der Waals surface area contributed by atoms with Gasteiger partial charge in [0.05, 0.1) is 11.6 Å². The zero-order valence-corrected chi connectivity index (χ0v) is 22.5. The van der Waals surface area contributed by atoms with Crippen LogP contribution < -0.4 is 14.4 Å². The Balaban J connectivity index is 1.71. The normalized spacial score (nSPS) is 18.7. The van der Waals surface area contributed by atoms with Crippen molar-refractivity contribution in [2.24, 2.45) is 0 Å². The lowest BCUT2D eigenvalue weighted by Crippen LogP contribution is -2.29. The van der Waals surface area contributed by atoms with Gasteiger partial charge in [-0.05, 0) is 59.2 Å². The number of amides is 1. The molecule has 196 valence electrons. The van der Waals surface area contributed by atoms with E-state index in [4.69, 9.17) is 9.47 Å². The molecule has 6 heteroatoms. The molecular weight excluding hydrogens is 478 g/mol. The molecule has 0 spiro atoms. The summed E-state index contributed by atoms with van der Waals surface area (Å²) in [5, 5.41) is 11.7. The van der Waals surface area contributed by atoms with E-state index in [9.17, 15) is 14.7 Å². The molecule has 1 N–H and O–H groups in total. The van der Waals surface area contributed by atoms with Crippen LogP contribution in [-0.2, 0) is 21.4 Å². The van der Waals surface area contributed by atoms with Crippen molar-refractivity contribution in [2.45, 2.75) is 52.5 Å². The van der Waals surface area contributed by atoms with Gasteiger partial charge in [-0.25, -0.2) is 0 Å². The second-order valence-electron chi connectivity index (χ2n) is 10.9. The first-order valence-corrected chi connectivity index (χ1v) is 13.0. The van der Waals surface area contributed by atoms with Gasteiger partial charge >= 0.3 is 0 Å². The van der Waals surface area contributed by atoms with Gasteiger partial charge in [-0.15, -0.1) is 0 Å². The van der Waals surface area contributed by atoms with E-state index in [1.165, 1.54) is 4.90 Å². The van der Waals surface area contributed by atoms with Crippen LogP contribution in [-0.4, -0.2) is 30.0 Å². The third-order valence-electron chi connectivity index (χ3n) is 7.31. The number of carbonyl (C=O) groups excluding carboxylic acids is 2. The Kier molecular flexibility index (Phi) is 6.51. The van der Waals surface area contributed by atoms with Gasteiger partial charge in [-0.1, -0.05) is 64.1 Å². The second-order valence-corrected chi connectivity index (χ2v) is 10.9. The molecule has 6 nitrogen and oxygen atoms in total. The van der Waals surface area contributed by atoms with Gasteiger partial charge in [0, 0.05) is 17.3 Å². The van der Waals surface area contributed by atoms with Crippen LogP contribution in [0.5, 0.6) is 11.5 Å². The van der Waals surface area contributed by atoms with E-state index in [0.717, 1.165) is 28.7 Å². The molecule has 0 saturated carbocycles. The minimum atomic E-state index is -0.804. The van der Waals surface area contributed by atoms with Gasteiger partial charge in [0.25, 0.3) is 11.7 Å². The van der Waals surface area contributed by atoms with Crippen molar-refractivity contribution >= 4 is 23.1 Å². The number of nitrogens with zero attached hydrogens (tertiary/aromatic N) is 1. The minimum Gasteiger partial charge on any atom is -0.507 e. The summed E-state index contributed by atoms with van der Waals surface area (Å²) in [6, 6.07) is 18.1. The lowest BCUT2D eigenvalue weighted by molar-refractivity contribution is -0.132. The quantitative estimate of drug-likeness (QED) is 0.254. The van der Waals surface area contributed by atoms with Crippen molar-refractivity contribution in [2.75, 3.05) is 18.1 Å². The molecule has 1 fully saturated rings. The van der Waals surface area contributed by atoms with Crippen LogP contribution in [0.25, 0.3) is 5.76 Å². The fraction of sp³-hybridized carbons (Fsp3) is 0.312. The van der Waals surface area contributed by atoms with E-state index in [0.29, 0.717) is 36.0 Å². The lowest BCUT2D eigenvalue weighted by atomic mass is 9.84. The third-order valence-corrected chi connectivity index (χ3v) is 7.31. The topological polar surface area (TPSA) is 76.1 Å². The highest BCUT2D eigenvalue weighted by Crippen LogP contribution is 2.45. The van der Waals surface area contributed by atoms with Gasteiger partial charge in [0.15, 0.2) is 11.5 Å². The Labute approximate surface area is 223 Å². The molecule has 5 rings (SSSR count). The maximum atomic E-state index is 13.6. The minimum absolute atomic E-state index is 0.0725. The summed E-state index contributed by atoms with van der Waals surface area (Å²) in [7, 11) is 0. The molecule has 1 unspecified atom stereocenters. The average molecular weight is 512 g/mol. The van der Waals surface area contributed by atoms with E-state index < -0.39 is 17.7 Å². The van der Waals surface area contributed by atoms with E-state index in [2.05, 4.69) is 27.7 Å². The molecule has 2 aliphatic heterocycles. The average Bonchev–Trinajstić information content (AvgIpc) is 3.17. The Morgan fingerprint density at radius 3 is 2.29 bits per heavy atom. The number of hydrogen-bond acceptors (Lipinski definition) is 5. The van der Waals surface area contributed by atoms with Crippen molar-refractivity contribution in [3.05, 3.63) is 94.1 Å². The summed E-state index contributed by atoms with van der Waals surface area (Å²) in [6.45, 7) is 11.1. The Bertz CT molecular complexity index is 1450. The summed E-state index contributed by atoms with van der Waals surface area (Å²) in [5.74, 6) is -0.476. The zero-order chi connectivity index (χ0) is 27.2. The Morgan fingerprint density at radius 1 is 0.947 bits per heavy atom. The number of benzene rings is 3. The van der Waals surface area contributed by atoms with Crippen LogP contribution in [0, 0.1) is 6.92 Å². The van der Waals surface area contributed by atoms with E-state index in [-0.39, 0.29) is 16.7 Å². The first kappa shape index (κ1) is 25.6. The van der Waals surface area contributed by atoms with Crippen LogP contribution in [0.15, 0.2) is 66.2 Å². The predicted octanol–water partition coefficient (Wildman–Crippen LogP) is 6.25. The van der Waals surface area contributed by atoms with Gasteiger partial charge in [0.2, 0.25) is 0 Å². The molecule has 0 bridgehead atoms. The molecule has 3 aromatic carbocycles. The maximum Gasteiger partial charge on any atom is 0.300 e. The Morgan fingerprint density at radius 2 is 1.63 bits per heavy atom. The molecule has 0 aliphatic carbocycles. The van der Waals surface area contributed by atoms with Crippen molar-refractivity contribution in [3.8, 4) is 11.5 Å². The molecule has 1 saturated heterocycles. The lowest BCUT2D eigenvalue weighted by Gasteiger charge is -2.27. The van der Waals surface area contributed by atoms with Crippen LogP contribution >= 0.6 is 0 Å². The first-order valence-electron chi connectivity index (χ1n) is 13.0. The zero-order valence-electron chi connectivity index (χ0n) is 22.5. The highest BCUT2D eigenvalue weighted by molar-refractivity contribution is 6.51. The number of rotatable bonds is 4. The number of hydrogen-bond donors (Lipinski definition) is 1. The number of Topliss-reactive ketones (excluding diaryl/α,β-unsaturated/α-hetero) is 1. The molecule has 3 aromatic rings. The number of aryl methyl sites for hydroxylation is 2. The van der Waals surface area contributed by atoms with Crippen LogP contribution in [0.1, 0.15) is 61.6 Å². The summed E-state index contributed by atoms with van der Waals surface area (Å²) < 4.78 is 11.4. The standard InChI is InChI=1S/C32H33NO5/c1-6-20-8-10-21(11-9-20)28-27(29(34)24-17-22(32(3,4)5)12-7-19(24)2)30(35)31(36)33(28)23-13-14-25-26(18-23)38-16-15-37-25/h7-14,17-18,28,34H,6,15-16H2,1-5H3/b29-27+. The first-order chi connectivity index (χ1) is 18.1. The van der Waals surface area contributed by atoms with Crippen molar-refractivity contribution in [3.63, 3.8) is 0 Å². The summed E-state index contributed by atoms with van der Waals surface area (Å²) >= 11 is 0. The van der Waals surface area contributed by atoms with Gasteiger partial charge in [-0.3, -0.25) is 14.5 Å². The molecule has 0 radical (unpaired) electrons. The van der Waals surface area contributed by atoms with E-state index in [1.54, 1.807) is 18.2 Å². The highest BCUT2D eigenvalue weighted by atomic mass is 16.6. The van der Waals surface area contributed by atoms with Gasteiger partial charge < -0.3 is 14.6 Å². The summed E-state index contributed by atoms with van der Waals surface area (Å²) in [6.07, 6.45) is 0.863. The molecule has 2 heterocycles. The third kappa shape index (κ3) is 4.44. The highest BCUT2D eigenvalue weighted by Gasteiger charge is 2.47. The van der Waals surface area contributed by atoms with Gasteiger partial charge in [0.1, 0.15) is 19.0 Å². The summed E-state index contributed by atoms with van der Waals surface area (Å²) in [4.78, 5) is 28.7. The predicted molar refractivity (Wildman–Crippen MR) is 148 cm³/mol. The van der Waals surface area contributed by atoms with Crippen LogP contribution in [0.3, 0.4) is 0 Å². The molecule has 38 heavy (non-hydrogen) atoms. The SMILES string of the molecule is CCc1ccc(C2/C(=C(\O)c3cc(C(C)(C)C)ccc3C)C(=O)C(=O)N2c2ccc3c(c2)OCCO3)cc1. The number of ether oxygens (including phenoxy) is 2. The number of carbonyl (C=O) groups is 2. The number of aliphatic hydroxyl groups is 1. The smallest absolute Gasteiger partial charge is 0.300 e. The van der Waals surface area contributed by atoms with Crippen LogP contribution in [0.2, 0.25) is 0 Å². The number of ketones is 1. The number of fused-ring (bicyclic) bond motifs is 1. The maximum absolute atomic E-state index is 13.6. The van der Waals surface area contributed by atoms with E-state index in [1.807, 2.05) is 49.4 Å². The summed E-state index contributed by atoms with van der Waals surface area (Å²) in [5.41, 5.74) is 4.68. The molecule has 1 amide bonds. The van der Waals surface area contributed by atoms with Crippen LogP contribution in [0.4, 0.5) is 5.69 Å². The Hall–Kier alpha value is -4.06. The fourth-order valence-electron chi connectivity index (χ4n) is 5.02. The molecule has 1 atom stereocenters. The monoisotopic (exact) mass is 511 g/mol. The molecule has 2 aliphatic rings. The number of anilines is 1. The van der Waals surface area contributed by atoms with Crippen molar-refractivity contribution in [1.82, 2.24) is 0 Å². The molecule has 0 aromatic heterocycles. The van der Waals surface area contributed by atoms with Crippen molar-refractivity contribution < 1.29 is 24.2 Å². The number of aliphatic hydroxyl groups excluding tert-OH is 1. The molecular formula is C32H33NO5. The largest absolute Gasteiger partial charge is 0.507 e. The fourth-order valence-corrected chi connectivity index (χ4v) is 5.02.